The van der Waals surface area contributed by atoms with Gasteiger partial charge in [0.1, 0.15) is 6.54 Å². The molecule has 25 heavy (non-hydrogen) atoms. The Morgan fingerprint density at radius 1 is 1.12 bits per heavy atom. The topological polar surface area (TPSA) is 67.2 Å². The lowest BCUT2D eigenvalue weighted by Gasteiger charge is -2.43. The molecule has 2 atom stereocenters. The van der Waals surface area contributed by atoms with E-state index < -0.39 is 12.7 Å². The Morgan fingerprint density at radius 3 is 2.32 bits per heavy atom. The smallest absolute Gasteiger partial charge is 0.375 e. The maximum atomic E-state index is 12.7. The summed E-state index contributed by atoms with van der Waals surface area (Å²) in [4.78, 5) is 12.7. The first kappa shape index (κ1) is 18.0. The van der Waals surface area contributed by atoms with Crippen LogP contribution < -0.4 is 16.4 Å². The molecule has 4 nitrogen and oxygen atoms in total. The minimum Gasteiger partial charge on any atom is -0.375 e. The lowest BCUT2D eigenvalue weighted by Crippen LogP contribution is -2.48. The molecular formula is C18H24F3N3O. The van der Waals surface area contributed by atoms with E-state index in [-0.39, 0.29) is 23.6 Å². The maximum absolute atomic E-state index is 12.7. The highest BCUT2D eigenvalue weighted by Gasteiger charge is 2.40. The number of rotatable bonds is 4. The van der Waals surface area contributed by atoms with Crippen LogP contribution in [0.4, 0.5) is 24.5 Å². The molecule has 2 fully saturated rings. The third kappa shape index (κ3) is 4.45. The van der Waals surface area contributed by atoms with Gasteiger partial charge in [-0.1, -0.05) is 18.6 Å². The van der Waals surface area contributed by atoms with E-state index in [1.807, 2.05) is 0 Å². The average molecular weight is 355 g/mol. The van der Waals surface area contributed by atoms with Gasteiger partial charge < -0.3 is 16.4 Å². The van der Waals surface area contributed by atoms with Crippen molar-refractivity contribution < 1.29 is 18.0 Å². The number of carbonyl (C=O) groups is 1. The van der Waals surface area contributed by atoms with Crippen molar-refractivity contribution in [2.24, 2.45) is 23.5 Å². The lowest BCUT2D eigenvalue weighted by atomic mass is 9.65. The first-order chi connectivity index (χ1) is 11.8. The summed E-state index contributed by atoms with van der Waals surface area (Å²) in [5.41, 5.74) is 6.92. The number of amides is 1. The molecular weight excluding hydrogens is 331 g/mol. The summed E-state index contributed by atoms with van der Waals surface area (Å²) in [5, 5.41) is 5.16. The zero-order valence-corrected chi connectivity index (χ0v) is 14.0. The highest BCUT2D eigenvalue weighted by molar-refractivity contribution is 5.95. The van der Waals surface area contributed by atoms with E-state index in [0.717, 1.165) is 25.7 Å². The number of carbonyl (C=O) groups excluding carboxylic acids is 1. The van der Waals surface area contributed by atoms with Crippen molar-refractivity contribution in [2.45, 2.75) is 44.3 Å². The van der Waals surface area contributed by atoms with Crippen molar-refractivity contribution in [3.05, 3.63) is 24.3 Å². The Hall–Kier alpha value is -1.76. The van der Waals surface area contributed by atoms with Gasteiger partial charge in [0.2, 0.25) is 5.91 Å². The van der Waals surface area contributed by atoms with Gasteiger partial charge >= 0.3 is 6.18 Å². The highest BCUT2D eigenvalue weighted by atomic mass is 19.4. The number of benzene rings is 1. The molecule has 1 aromatic rings. The van der Waals surface area contributed by atoms with Crippen LogP contribution >= 0.6 is 0 Å². The maximum Gasteiger partial charge on any atom is 0.405 e. The molecule has 0 aliphatic heterocycles. The molecule has 2 unspecified atom stereocenters. The van der Waals surface area contributed by atoms with Gasteiger partial charge in [-0.15, -0.1) is 0 Å². The second-order valence-corrected chi connectivity index (χ2v) is 7.20. The van der Waals surface area contributed by atoms with Gasteiger partial charge in [0, 0.05) is 12.0 Å². The molecule has 0 radical (unpaired) electrons. The largest absolute Gasteiger partial charge is 0.405 e. The number of fused-ring (bicyclic) bond motifs is 2. The van der Waals surface area contributed by atoms with Crippen LogP contribution in [0.15, 0.2) is 24.3 Å². The summed E-state index contributed by atoms with van der Waals surface area (Å²) < 4.78 is 37.3. The first-order valence-electron chi connectivity index (χ1n) is 8.79. The predicted molar refractivity (Wildman–Crippen MR) is 91.1 cm³/mol. The van der Waals surface area contributed by atoms with Gasteiger partial charge in [0.25, 0.3) is 0 Å². The third-order valence-electron chi connectivity index (χ3n) is 5.45. The molecule has 2 bridgehead atoms. The Bertz CT molecular complexity index is 606. The van der Waals surface area contributed by atoms with E-state index in [0.29, 0.717) is 17.5 Å². The van der Waals surface area contributed by atoms with Crippen molar-refractivity contribution in [1.29, 1.82) is 0 Å². The minimum absolute atomic E-state index is 0.120. The predicted octanol–water partition coefficient (Wildman–Crippen LogP) is 3.75. The Labute approximate surface area is 145 Å². The average Bonchev–Trinajstić information content (AvgIpc) is 2.53. The van der Waals surface area contributed by atoms with Crippen molar-refractivity contribution in [2.75, 3.05) is 17.2 Å². The zero-order valence-electron chi connectivity index (χ0n) is 14.0. The number of hydrogen-bond acceptors (Lipinski definition) is 3. The van der Waals surface area contributed by atoms with Crippen LogP contribution in [-0.4, -0.2) is 24.7 Å². The normalized spacial score (nSPS) is 29.1. The summed E-state index contributed by atoms with van der Waals surface area (Å²) in [5.74, 6) is 0.513. The van der Waals surface area contributed by atoms with Gasteiger partial charge in [-0.2, -0.15) is 13.2 Å². The summed E-state index contributed by atoms with van der Waals surface area (Å²) in [6.07, 6.45) is 0.509. The second-order valence-electron chi connectivity index (χ2n) is 7.20. The Balaban J connectivity index is 1.65. The summed E-state index contributed by atoms with van der Waals surface area (Å²) in [7, 11) is 0. The number of halogens is 3. The molecule has 0 heterocycles. The Kier molecular flexibility index (Phi) is 5.22. The summed E-state index contributed by atoms with van der Waals surface area (Å²) >= 11 is 0. The van der Waals surface area contributed by atoms with E-state index in [2.05, 4.69) is 10.6 Å². The molecule has 1 aromatic carbocycles. The van der Waals surface area contributed by atoms with Gasteiger partial charge in [-0.3, -0.25) is 4.79 Å². The number of para-hydroxylation sites is 2. The fourth-order valence-corrected chi connectivity index (χ4v) is 4.18. The molecule has 0 aromatic heterocycles. The molecule has 138 valence electrons. The van der Waals surface area contributed by atoms with Crippen LogP contribution in [0.25, 0.3) is 0 Å². The van der Waals surface area contributed by atoms with E-state index in [1.165, 1.54) is 12.5 Å². The van der Waals surface area contributed by atoms with E-state index in [1.54, 1.807) is 18.2 Å². The molecule has 4 N–H and O–H groups in total. The summed E-state index contributed by atoms with van der Waals surface area (Å²) in [6.45, 7) is -1.14. The molecule has 2 aliphatic carbocycles. The fourth-order valence-electron chi connectivity index (χ4n) is 4.18. The lowest BCUT2D eigenvalue weighted by molar-refractivity contribution is -0.122. The third-order valence-corrected chi connectivity index (χ3v) is 5.45. The van der Waals surface area contributed by atoms with Crippen LogP contribution in [-0.2, 0) is 4.79 Å². The number of hydrogen-bond donors (Lipinski definition) is 3. The van der Waals surface area contributed by atoms with E-state index in [4.69, 9.17) is 5.73 Å². The zero-order chi connectivity index (χ0) is 18.0. The first-order valence-corrected chi connectivity index (χ1v) is 8.79. The Morgan fingerprint density at radius 2 is 1.72 bits per heavy atom. The van der Waals surface area contributed by atoms with Crippen LogP contribution in [0.2, 0.25) is 0 Å². The van der Waals surface area contributed by atoms with E-state index in [9.17, 15) is 18.0 Å². The minimum atomic E-state index is -4.31. The van der Waals surface area contributed by atoms with Crippen LogP contribution in [0.1, 0.15) is 32.1 Å². The quantitative estimate of drug-likeness (QED) is 0.770. The molecule has 0 spiro atoms. The van der Waals surface area contributed by atoms with Crippen LogP contribution in [0.5, 0.6) is 0 Å². The van der Waals surface area contributed by atoms with Gasteiger partial charge in [-0.25, -0.2) is 0 Å². The second kappa shape index (κ2) is 7.23. The molecule has 1 amide bonds. The molecule has 0 saturated heterocycles. The molecule has 2 aliphatic rings. The number of nitrogens with two attached hydrogens (primary N) is 1. The molecule has 2 saturated carbocycles. The number of nitrogens with one attached hydrogen (secondary N) is 2. The van der Waals surface area contributed by atoms with Gasteiger partial charge in [0.15, 0.2) is 0 Å². The number of anilines is 2. The fraction of sp³-hybridized carbons (Fsp3) is 0.611. The molecule has 3 rings (SSSR count). The standard InChI is InChI=1S/C18H24F3N3O/c19-18(20,21)10-23-14-6-1-2-7-15(14)24-17(25)13-8-11-4-3-5-12(9-13)16(11)22/h1-2,6-7,11-13,16,23H,3-5,8-10,22H2,(H,24,25). The monoisotopic (exact) mass is 355 g/mol. The highest BCUT2D eigenvalue weighted by Crippen LogP contribution is 2.42. The van der Waals surface area contributed by atoms with Crippen molar-refractivity contribution in [1.82, 2.24) is 0 Å². The van der Waals surface area contributed by atoms with Crippen molar-refractivity contribution in [3.8, 4) is 0 Å². The van der Waals surface area contributed by atoms with Crippen LogP contribution in [0, 0.1) is 17.8 Å². The van der Waals surface area contributed by atoms with Gasteiger partial charge in [-0.05, 0) is 49.7 Å². The summed E-state index contributed by atoms with van der Waals surface area (Å²) in [6, 6.07) is 6.66. The van der Waals surface area contributed by atoms with Crippen LogP contribution in [0.3, 0.4) is 0 Å². The van der Waals surface area contributed by atoms with Crippen molar-refractivity contribution >= 4 is 17.3 Å². The number of alkyl halides is 3. The SMILES string of the molecule is NC1C2CCCC1CC(C(=O)Nc1ccccc1NCC(F)(F)F)C2. The van der Waals surface area contributed by atoms with E-state index >= 15 is 0 Å². The van der Waals surface area contributed by atoms with Gasteiger partial charge in [0.05, 0.1) is 11.4 Å². The van der Waals surface area contributed by atoms with Crippen molar-refractivity contribution in [3.63, 3.8) is 0 Å². The molecule has 7 heteroatoms.